The summed E-state index contributed by atoms with van der Waals surface area (Å²) in [5, 5.41) is 3.18. The number of amides is 1. The van der Waals surface area contributed by atoms with Gasteiger partial charge in [-0.3, -0.25) is 4.79 Å². The molecule has 0 aromatic heterocycles. The van der Waals surface area contributed by atoms with Crippen LogP contribution in [0.3, 0.4) is 0 Å². The second-order valence-corrected chi connectivity index (χ2v) is 4.71. The lowest BCUT2D eigenvalue weighted by atomic mass is 10.2. The smallest absolute Gasteiger partial charge is 0.239 e. The van der Waals surface area contributed by atoms with Crippen molar-refractivity contribution in [2.45, 2.75) is 18.9 Å². The molecule has 0 aliphatic carbocycles. The fraction of sp³-hybridized carbons (Fsp3) is 0.500. The maximum Gasteiger partial charge on any atom is 0.239 e. The van der Waals surface area contributed by atoms with Gasteiger partial charge in [-0.05, 0) is 43.7 Å². The molecule has 1 aliphatic heterocycles. The molecule has 20 heavy (non-hydrogen) atoms. The molecular weight excluding hydrogens is 283 g/mol. The molecule has 1 unspecified atom stereocenters. The zero-order valence-corrected chi connectivity index (χ0v) is 12.3. The molecule has 2 rings (SSSR count). The monoisotopic (exact) mass is 302 g/mol. The van der Waals surface area contributed by atoms with Gasteiger partial charge >= 0.3 is 0 Å². The van der Waals surface area contributed by atoms with Crippen molar-refractivity contribution in [1.29, 1.82) is 0 Å². The summed E-state index contributed by atoms with van der Waals surface area (Å²) in [6.45, 7) is 1.84. The van der Waals surface area contributed by atoms with Crippen LogP contribution in [0.4, 0.5) is 4.39 Å². The molecule has 1 atom stereocenters. The third-order valence-corrected chi connectivity index (χ3v) is 3.24. The molecule has 1 aromatic carbocycles. The zero-order chi connectivity index (χ0) is 13.7. The van der Waals surface area contributed by atoms with E-state index in [2.05, 4.69) is 5.32 Å². The molecule has 1 heterocycles. The SMILES string of the molecule is CN(CCOc1ccc(F)cc1)C(=O)C1CCCN1.Cl. The second kappa shape index (κ2) is 8.07. The molecule has 1 fully saturated rings. The van der Waals surface area contributed by atoms with E-state index < -0.39 is 0 Å². The van der Waals surface area contributed by atoms with E-state index in [0.717, 1.165) is 19.4 Å². The van der Waals surface area contributed by atoms with E-state index in [9.17, 15) is 9.18 Å². The van der Waals surface area contributed by atoms with Gasteiger partial charge < -0.3 is 15.0 Å². The van der Waals surface area contributed by atoms with Gasteiger partial charge in [0, 0.05) is 7.05 Å². The van der Waals surface area contributed by atoms with Crippen molar-refractivity contribution >= 4 is 18.3 Å². The lowest BCUT2D eigenvalue weighted by molar-refractivity contribution is -0.132. The Labute approximate surface area is 124 Å². The Morgan fingerprint density at radius 3 is 2.75 bits per heavy atom. The van der Waals surface area contributed by atoms with Crippen molar-refractivity contribution in [3.05, 3.63) is 30.1 Å². The van der Waals surface area contributed by atoms with Crippen LogP contribution < -0.4 is 10.1 Å². The molecule has 6 heteroatoms. The molecule has 0 radical (unpaired) electrons. The number of hydrogen-bond donors (Lipinski definition) is 1. The summed E-state index contributed by atoms with van der Waals surface area (Å²) in [6.07, 6.45) is 1.96. The Morgan fingerprint density at radius 1 is 1.45 bits per heavy atom. The van der Waals surface area contributed by atoms with Gasteiger partial charge in [0.2, 0.25) is 5.91 Å². The van der Waals surface area contributed by atoms with Crippen molar-refractivity contribution in [2.24, 2.45) is 0 Å². The number of ether oxygens (including phenoxy) is 1. The quantitative estimate of drug-likeness (QED) is 0.902. The Balaban J connectivity index is 0.00000200. The van der Waals surface area contributed by atoms with E-state index in [4.69, 9.17) is 4.74 Å². The molecule has 1 saturated heterocycles. The number of carbonyl (C=O) groups is 1. The van der Waals surface area contributed by atoms with Gasteiger partial charge in [-0.2, -0.15) is 0 Å². The van der Waals surface area contributed by atoms with Gasteiger partial charge in [-0.15, -0.1) is 12.4 Å². The van der Waals surface area contributed by atoms with Crippen molar-refractivity contribution in [1.82, 2.24) is 10.2 Å². The van der Waals surface area contributed by atoms with Gasteiger partial charge in [0.1, 0.15) is 18.2 Å². The largest absolute Gasteiger partial charge is 0.492 e. The van der Waals surface area contributed by atoms with E-state index in [1.54, 1.807) is 24.1 Å². The highest BCUT2D eigenvalue weighted by atomic mass is 35.5. The standard InChI is InChI=1S/C14H19FN2O2.ClH/c1-17(14(18)13-3-2-8-16-13)9-10-19-12-6-4-11(15)5-7-12;/h4-7,13,16H,2-3,8-10H2,1H3;1H. The average molecular weight is 303 g/mol. The highest BCUT2D eigenvalue weighted by molar-refractivity contribution is 5.85. The van der Waals surface area contributed by atoms with Gasteiger partial charge in [0.15, 0.2) is 0 Å². The van der Waals surface area contributed by atoms with Gasteiger partial charge in [0.05, 0.1) is 12.6 Å². The molecule has 0 saturated carbocycles. The molecule has 1 aromatic rings. The average Bonchev–Trinajstić information content (AvgIpc) is 2.94. The van der Waals surface area contributed by atoms with Gasteiger partial charge in [-0.25, -0.2) is 4.39 Å². The normalized spacial score (nSPS) is 17.4. The van der Waals surface area contributed by atoms with E-state index in [1.807, 2.05) is 0 Å². The molecular formula is C14H20ClFN2O2. The number of carbonyl (C=O) groups excluding carboxylic acids is 1. The van der Waals surface area contributed by atoms with Crippen molar-refractivity contribution in [3.63, 3.8) is 0 Å². The van der Waals surface area contributed by atoms with Crippen molar-refractivity contribution < 1.29 is 13.9 Å². The number of nitrogens with one attached hydrogen (secondary N) is 1. The minimum atomic E-state index is -0.285. The predicted molar refractivity (Wildman–Crippen MR) is 77.8 cm³/mol. The Bertz CT molecular complexity index is 422. The van der Waals surface area contributed by atoms with Crippen LogP contribution in [-0.4, -0.2) is 43.6 Å². The van der Waals surface area contributed by atoms with E-state index in [1.165, 1.54) is 12.1 Å². The van der Waals surface area contributed by atoms with Crippen molar-refractivity contribution in [3.8, 4) is 5.75 Å². The molecule has 1 amide bonds. The summed E-state index contributed by atoms with van der Waals surface area (Å²) in [7, 11) is 1.77. The molecule has 0 bridgehead atoms. The summed E-state index contributed by atoms with van der Waals surface area (Å²) in [5.74, 6) is 0.438. The Kier molecular flexibility index (Phi) is 6.75. The van der Waals surface area contributed by atoms with Crippen LogP contribution in [0.2, 0.25) is 0 Å². The van der Waals surface area contributed by atoms with Crippen LogP contribution >= 0.6 is 12.4 Å². The van der Waals surface area contributed by atoms with E-state index in [0.29, 0.717) is 18.9 Å². The third-order valence-electron chi connectivity index (χ3n) is 3.24. The molecule has 0 spiro atoms. The maximum atomic E-state index is 12.7. The van der Waals surface area contributed by atoms with Crippen LogP contribution in [0.15, 0.2) is 24.3 Å². The first-order chi connectivity index (χ1) is 9.16. The van der Waals surface area contributed by atoms with E-state index in [-0.39, 0.29) is 30.2 Å². The third kappa shape index (κ3) is 4.65. The Morgan fingerprint density at radius 2 is 2.15 bits per heavy atom. The molecule has 4 nitrogen and oxygen atoms in total. The fourth-order valence-corrected chi connectivity index (χ4v) is 2.10. The van der Waals surface area contributed by atoms with Crippen LogP contribution in [0.1, 0.15) is 12.8 Å². The van der Waals surface area contributed by atoms with Crippen LogP contribution in [-0.2, 0) is 4.79 Å². The first kappa shape index (κ1) is 16.7. The maximum absolute atomic E-state index is 12.7. The molecule has 1 N–H and O–H groups in total. The van der Waals surface area contributed by atoms with Crippen LogP contribution in [0, 0.1) is 5.82 Å². The summed E-state index contributed by atoms with van der Waals surface area (Å²) in [4.78, 5) is 13.7. The summed E-state index contributed by atoms with van der Waals surface area (Å²) >= 11 is 0. The summed E-state index contributed by atoms with van der Waals surface area (Å²) < 4.78 is 18.2. The number of benzene rings is 1. The topological polar surface area (TPSA) is 41.6 Å². The van der Waals surface area contributed by atoms with E-state index >= 15 is 0 Å². The number of likely N-dealkylation sites (N-methyl/N-ethyl adjacent to an activating group) is 1. The molecule has 112 valence electrons. The molecule has 1 aliphatic rings. The number of halogens is 2. The summed E-state index contributed by atoms with van der Waals surface area (Å²) in [5.41, 5.74) is 0. The highest BCUT2D eigenvalue weighted by Gasteiger charge is 2.24. The lowest BCUT2D eigenvalue weighted by Crippen LogP contribution is -2.43. The van der Waals surface area contributed by atoms with Crippen LogP contribution in [0.25, 0.3) is 0 Å². The predicted octanol–water partition coefficient (Wildman–Crippen LogP) is 1.84. The number of nitrogens with zero attached hydrogens (tertiary/aromatic N) is 1. The lowest BCUT2D eigenvalue weighted by Gasteiger charge is -2.21. The minimum Gasteiger partial charge on any atom is -0.492 e. The minimum absolute atomic E-state index is 0. The number of rotatable bonds is 5. The summed E-state index contributed by atoms with van der Waals surface area (Å²) in [6, 6.07) is 5.82. The second-order valence-electron chi connectivity index (χ2n) is 4.71. The van der Waals surface area contributed by atoms with Crippen molar-refractivity contribution in [2.75, 3.05) is 26.7 Å². The fourth-order valence-electron chi connectivity index (χ4n) is 2.10. The highest BCUT2D eigenvalue weighted by Crippen LogP contribution is 2.11. The first-order valence-electron chi connectivity index (χ1n) is 6.53. The van der Waals surface area contributed by atoms with Gasteiger partial charge in [-0.1, -0.05) is 0 Å². The van der Waals surface area contributed by atoms with Crippen LogP contribution in [0.5, 0.6) is 5.75 Å². The zero-order valence-electron chi connectivity index (χ0n) is 11.5. The Hall–Kier alpha value is -1.33. The van der Waals surface area contributed by atoms with Gasteiger partial charge in [0.25, 0.3) is 0 Å². The number of hydrogen-bond acceptors (Lipinski definition) is 3. The first-order valence-corrected chi connectivity index (χ1v) is 6.53.